The summed E-state index contributed by atoms with van der Waals surface area (Å²) in [6, 6.07) is 17.2. The minimum absolute atomic E-state index is 0.305. The van der Waals surface area contributed by atoms with Crippen LogP contribution >= 0.6 is 0 Å². The fraction of sp³-hybridized carbons (Fsp3) is 0.368. The maximum atomic E-state index is 6.14. The number of benzene rings is 2. The monoisotopic (exact) mass is 294 g/mol. The summed E-state index contributed by atoms with van der Waals surface area (Å²) in [4.78, 5) is 2.51. The van der Waals surface area contributed by atoms with Crippen molar-refractivity contribution in [3.63, 3.8) is 0 Å². The normalized spacial score (nSPS) is 21.4. The van der Waals surface area contributed by atoms with E-state index in [9.17, 15) is 0 Å². The van der Waals surface area contributed by atoms with Crippen molar-refractivity contribution in [1.82, 2.24) is 10.2 Å². The van der Waals surface area contributed by atoms with E-state index in [-0.39, 0.29) is 0 Å². The molecule has 1 fully saturated rings. The van der Waals surface area contributed by atoms with Crippen LogP contribution in [0.5, 0.6) is 5.75 Å². The maximum Gasteiger partial charge on any atom is 0.123 e. The second-order valence-electron chi connectivity index (χ2n) is 6.18. The van der Waals surface area contributed by atoms with Crippen molar-refractivity contribution >= 4 is 0 Å². The highest BCUT2D eigenvalue weighted by molar-refractivity contribution is 5.66. The fourth-order valence-corrected chi connectivity index (χ4v) is 3.41. The Kier molecular flexibility index (Phi) is 3.83. The molecule has 22 heavy (non-hydrogen) atoms. The molecule has 114 valence electrons. The molecule has 0 aromatic heterocycles. The highest BCUT2D eigenvalue weighted by Gasteiger charge is 2.25. The van der Waals surface area contributed by atoms with E-state index in [0.29, 0.717) is 6.10 Å². The Labute approximate surface area is 131 Å². The lowest BCUT2D eigenvalue weighted by atomic mass is 10.0. The number of piperazine rings is 1. The molecular formula is C19H22N2O. The number of hydrogen-bond donors (Lipinski definition) is 1. The highest BCUT2D eigenvalue weighted by atomic mass is 16.5. The molecule has 0 amide bonds. The van der Waals surface area contributed by atoms with Gasteiger partial charge in [-0.2, -0.15) is 0 Å². The molecule has 0 bridgehead atoms. The van der Waals surface area contributed by atoms with Gasteiger partial charge in [-0.05, 0) is 28.8 Å². The molecular weight excluding hydrogens is 272 g/mol. The molecule has 1 unspecified atom stereocenters. The number of nitrogens with one attached hydrogen (secondary N) is 1. The zero-order valence-electron chi connectivity index (χ0n) is 12.8. The van der Waals surface area contributed by atoms with Gasteiger partial charge in [0.05, 0.1) is 0 Å². The molecule has 0 spiro atoms. The number of ether oxygens (including phenoxy) is 1. The van der Waals surface area contributed by atoms with Gasteiger partial charge in [0.25, 0.3) is 0 Å². The Bertz CT molecular complexity index is 635. The van der Waals surface area contributed by atoms with Crippen LogP contribution in [0.25, 0.3) is 11.1 Å². The summed E-state index contributed by atoms with van der Waals surface area (Å²) in [5.41, 5.74) is 3.91. The predicted molar refractivity (Wildman–Crippen MR) is 89.3 cm³/mol. The Morgan fingerprint density at radius 3 is 2.64 bits per heavy atom. The lowest BCUT2D eigenvalue weighted by molar-refractivity contribution is 0.139. The van der Waals surface area contributed by atoms with Gasteiger partial charge in [-0.3, -0.25) is 4.90 Å². The van der Waals surface area contributed by atoms with E-state index < -0.39 is 0 Å². The van der Waals surface area contributed by atoms with Crippen LogP contribution in [0.1, 0.15) is 5.56 Å². The Hall–Kier alpha value is -1.84. The largest absolute Gasteiger partial charge is 0.488 e. The van der Waals surface area contributed by atoms with Crippen molar-refractivity contribution in [2.75, 3.05) is 32.7 Å². The number of hydrogen-bond acceptors (Lipinski definition) is 3. The summed E-state index contributed by atoms with van der Waals surface area (Å²) in [7, 11) is 0. The average Bonchev–Trinajstić information content (AvgIpc) is 2.98. The van der Waals surface area contributed by atoms with Crippen molar-refractivity contribution in [1.29, 1.82) is 0 Å². The number of rotatable bonds is 3. The molecule has 0 radical (unpaired) electrons. The van der Waals surface area contributed by atoms with Crippen molar-refractivity contribution in [3.05, 3.63) is 54.1 Å². The van der Waals surface area contributed by atoms with Gasteiger partial charge in [-0.1, -0.05) is 36.4 Å². The first-order chi connectivity index (χ1) is 10.9. The molecule has 4 rings (SSSR count). The minimum atomic E-state index is 0.305. The molecule has 1 saturated heterocycles. The van der Waals surface area contributed by atoms with Gasteiger partial charge in [0.15, 0.2) is 0 Å². The predicted octanol–water partition coefficient (Wildman–Crippen LogP) is 2.56. The van der Waals surface area contributed by atoms with Crippen LogP contribution in [0.3, 0.4) is 0 Å². The van der Waals surface area contributed by atoms with Crippen LogP contribution < -0.4 is 10.1 Å². The van der Waals surface area contributed by atoms with Gasteiger partial charge >= 0.3 is 0 Å². The molecule has 2 aliphatic rings. The van der Waals surface area contributed by atoms with Crippen molar-refractivity contribution in [2.45, 2.75) is 12.5 Å². The van der Waals surface area contributed by atoms with Crippen molar-refractivity contribution < 1.29 is 4.74 Å². The maximum absolute atomic E-state index is 6.14. The summed E-state index contributed by atoms with van der Waals surface area (Å²) < 4.78 is 6.14. The first-order valence-corrected chi connectivity index (χ1v) is 8.16. The zero-order valence-corrected chi connectivity index (χ0v) is 12.8. The molecule has 2 aromatic carbocycles. The van der Waals surface area contributed by atoms with Gasteiger partial charge in [-0.15, -0.1) is 0 Å². The molecule has 3 nitrogen and oxygen atoms in total. The molecule has 0 saturated carbocycles. The summed E-state index contributed by atoms with van der Waals surface area (Å²) >= 11 is 0. The lowest BCUT2D eigenvalue weighted by Gasteiger charge is -2.29. The first kappa shape index (κ1) is 13.8. The topological polar surface area (TPSA) is 24.5 Å². The Morgan fingerprint density at radius 2 is 1.82 bits per heavy atom. The second kappa shape index (κ2) is 6.11. The standard InChI is InChI=1S/C19H22N2O/c1-2-4-15(5-3-1)16-6-7-19-17(12-16)13-18(22-19)14-21-10-8-20-9-11-21/h1-7,12,18,20H,8-11,13-14H2. The third kappa shape index (κ3) is 2.87. The lowest BCUT2D eigenvalue weighted by Crippen LogP contribution is -2.47. The van der Waals surface area contributed by atoms with Gasteiger partial charge in [-0.25, -0.2) is 0 Å². The Morgan fingerprint density at radius 1 is 1.00 bits per heavy atom. The van der Waals surface area contributed by atoms with Crippen molar-refractivity contribution in [2.24, 2.45) is 0 Å². The molecule has 2 heterocycles. The molecule has 0 aliphatic carbocycles. The smallest absolute Gasteiger partial charge is 0.123 e. The molecule has 2 aliphatic heterocycles. The van der Waals surface area contributed by atoms with E-state index in [1.54, 1.807) is 0 Å². The molecule has 1 N–H and O–H groups in total. The third-order valence-electron chi connectivity index (χ3n) is 4.58. The van der Waals surface area contributed by atoms with Gasteiger partial charge in [0.2, 0.25) is 0 Å². The zero-order chi connectivity index (χ0) is 14.8. The molecule has 2 aromatic rings. The van der Waals surface area contributed by atoms with E-state index in [4.69, 9.17) is 4.74 Å². The first-order valence-electron chi connectivity index (χ1n) is 8.16. The number of fused-ring (bicyclic) bond motifs is 1. The quantitative estimate of drug-likeness (QED) is 0.941. The second-order valence-corrected chi connectivity index (χ2v) is 6.18. The summed E-state index contributed by atoms with van der Waals surface area (Å²) in [6.45, 7) is 5.49. The highest BCUT2D eigenvalue weighted by Crippen LogP contribution is 2.33. The number of nitrogens with zero attached hydrogens (tertiary/aromatic N) is 1. The molecule has 3 heteroatoms. The van der Waals surface area contributed by atoms with E-state index in [2.05, 4.69) is 58.7 Å². The van der Waals surface area contributed by atoms with Crippen LogP contribution in [0.2, 0.25) is 0 Å². The van der Waals surface area contributed by atoms with E-state index in [0.717, 1.165) is 44.9 Å². The van der Waals surface area contributed by atoms with Crippen LogP contribution in [-0.4, -0.2) is 43.7 Å². The third-order valence-corrected chi connectivity index (χ3v) is 4.58. The Balaban J connectivity index is 1.47. The molecule has 1 atom stereocenters. The average molecular weight is 294 g/mol. The SMILES string of the molecule is c1ccc(-c2ccc3c(c2)CC(CN2CCNCC2)O3)cc1. The fourth-order valence-electron chi connectivity index (χ4n) is 3.41. The van der Waals surface area contributed by atoms with Gasteiger partial charge in [0.1, 0.15) is 11.9 Å². The van der Waals surface area contributed by atoms with Crippen LogP contribution in [0, 0.1) is 0 Å². The van der Waals surface area contributed by atoms with Crippen LogP contribution in [-0.2, 0) is 6.42 Å². The summed E-state index contributed by atoms with van der Waals surface area (Å²) in [5, 5.41) is 3.40. The van der Waals surface area contributed by atoms with Crippen molar-refractivity contribution in [3.8, 4) is 16.9 Å². The van der Waals surface area contributed by atoms with E-state index >= 15 is 0 Å². The van der Waals surface area contributed by atoms with E-state index in [1.807, 2.05) is 0 Å². The summed E-state index contributed by atoms with van der Waals surface area (Å²) in [6.07, 6.45) is 1.33. The van der Waals surface area contributed by atoms with Crippen LogP contribution in [0.15, 0.2) is 48.5 Å². The van der Waals surface area contributed by atoms with E-state index in [1.165, 1.54) is 16.7 Å². The minimum Gasteiger partial charge on any atom is -0.488 e. The van der Waals surface area contributed by atoms with Gasteiger partial charge < -0.3 is 10.1 Å². The summed E-state index contributed by atoms with van der Waals surface area (Å²) in [5.74, 6) is 1.07. The van der Waals surface area contributed by atoms with Gasteiger partial charge in [0, 0.05) is 39.1 Å². The van der Waals surface area contributed by atoms with Crippen LogP contribution in [0.4, 0.5) is 0 Å².